The molecule has 0 aromatic heterocycles. The lowest BCUT2D eigenvalue weighted by molar-refractivity contribution is -0.139. The van der Waals surface area contributed by atoms with E-state index in [1.165, 1.54) is 26.2 Å². The van der Waals surface area contributed by atoms with Crippen LogP contribution in [0.2, 0.25) is 0 Å². The van der Waals surface area contributed by atoms with Gasteiger partial charge in [0.2, 0.25) is 5.23 Å². The predicted octanol–water partition coefficient (Wildman–Crippen LogP) is 8.85. The molecular weight excluding hydrogens is 1220 g/mol. The molecule has 0 saturated carbocycles. The summed E-state index contributed by atoms with van der Waals surface area (Å²) in [4.78, 5) is 106. The van der Waals surface area contributed by atoms with Crippen LogP contribution >= 0.6 is 12.2 Å². The van der Waals surface area contributed by atoms with Crippen molar-refractivity contribution in [2.75, 3.05) is 39.4 Å². The van der Waals surface area contributed by atoms with Gasteiger partial charge in [0.05, 0.1) is 12.6 Å². The number of Topliss-reactive ketones (excluding diaryl/α,β-unsaturated/α-hetero) is 1. The molecular formula is C66H112N8O18S. The Labute approximate surface area is 558 Å². The summed E-state index contributed by atoms with van der Waals surface area (Å²) in [6, 6.07) is -2.87. The minimum absolute atomic E-state index is 0. The molecule has 0 aromatic rings. The first-order chi connectivity index (χ1) is 44.7. The summed E-state index contributed by atoms with van der Waals surface area (Å²) in [6.07, 6.45) is 34.3. The Morgan fingerprint density at radius 3 is 1.47 bits per heavy atom. The third-order valence-electron chi connectivity index (χ3n) is 14.2. The van der Waals surface area contributed by atoms with Gasteiger partial charge in [-0.05, 0) is 186 Å². The Bertz CT molecular complexity index is 2310. The molecule has 4 aliphatic rings. The Kier molecular flexibility index (Phi) is 60.4. The number of ether oxygens (including phenoxy) is 5. The molecule has 0 heterocycles. The van der Waals surface area contributed by atoms with E-state index in [1.807, 2.05) is 6.08 Å². The maximum absolute atomic E-state index is 11.7. The topological polar surface area (TPSA) is 430 Å². The van der Waals surface area contributed by atoms with Crippen LogP contribution in [0, 0.1) is 23.7 Å². The van der Waals surface area contributed by atoms with E-state index >= 15 is 0 Å². The molecule has 93 heavy (non-hydrogen) atoms. The van der Waals surface area contributed by atoms with Crippen molar-refractivity contribution in [2.45, 2.75) is 268 Å². The SMILES string of the molecule is C.CC(=O)C(N)CCCCNC(=O)OC1CC/C=C/CCC1.NC(CCCCNC(=O)OC1/C=C/CCCCC1)C(=O)O.NC(CCCCNC(=O)OC1C#CCCCCC1)C(=O)O.NC(CCCCNC(=O)OCCOC1C#CCCCCC1)C(=O)O.O=C=S.[3H]C=O. The number of nitrogens with two attached hydrogens (primary N) is 4. The highest BCUT2D eigenvalue weighted by Gasteiger charge is 2.18. The van der Waals surface area contributed by atoms with Crippen LogP contribution in [0.5, 0.6) is 0 Å². The van der Waals surface area contributed by atoms with Gasteiger partial charge in [-0.2, -0.15) is 0 Å². The molecule has 0 aliphatic heterocycles. The first kappa shape index (κ1) is 88.1. The third kappa shape index (κ3) is 58.6. The van der Waals surface area contributed by atoms with Gasteiger partial charge >= 0.3 is 42.3 Å². The molecule has 26 nitrogen and oxygen atoms in total. The van der Waals surface area contributed by atoms with Gasteiger partial charge in [0.15, 0.2) is 6.10 Å². The highest BCUT2D eigenvalue weighted by Crippen LogP contribution is 2.17. The second kappa shape index (κ2) is 63.8. The number of aliphatic carboxylic acids is 3. The smallest absolute Gasteiger partial charge is 0.408 e. The number of amides is 4. The van der Waals surface area contributed by atoms with Crippen LogP contribution in [0.4, 0.5) is 19.2 Å². The summed E-state index contributed by atoms with van der Waals surface area (Å²) in [7, 11) is 0. The minimum Gasteiger partial charge on any atom is -0.480 e. The number of carboxylic acid groups (broad SMARTS) is 3. The van der Waals surface area contributed by atoms with E-state index in [2.05, 4.69) is 75.4 Å². The largest absolute Gasteiger partial charge is 0.480 e. The molecule has 8 atom stereocenters. The van der Waals surface area contributed by atoms with Crippen LogP contribution < -0.4 is 44.2 Å². The molecule has 0 spiro atoms. The van der Waals surface area contributed by atoms with Gasteiger partial charge in [0.1, 0.15) is 57.0 Å². The third-order valence-corrected chi connectivity index (χ3v) is 14.2. The van der Waals surface area contributed by atoms with Crippen LogP contribution in [0.15, 0.2) is 24.3 Å². The van der Waals surface area contributed by atoms with Gasteiger partial charge in [-0.1, -0.05) is 62.7 Å². The van der Waals surface area contributed by atoms with Crippen molar-refractivity contribution in [1.29, 1.82) is 0 Å². The van der Waals surface area contributed by atoms with Crippen molar-refractivity contribution in [1.82, 2.24) is 21.3 Å². The Morgan fingerprint density at radius 1 is 0.548 bits per heavy atom. The summed E-state index contributed by atoms with van der Waals surface area (Å²) < 4.78 is 32.2. The van der Waals surface area contributed by atoms with E-state index in [4.69, 9.17) is 72.9 Å². The number of hydrogen-bond acceptors (Lipinski definition) is 20. The maximum Gasteiger partial charge on any atom is 0.408 e. The van der Waals surface area contributed by atoms with Crippen LogP contribution in [0.3, 0.4) is 0 Å². The number of carboxylic acids is 3. The fourth-order valence-corrected chi connectivity index (χ4v) is 8.85. The van der Waals surface area contributed by atoms with Crippen LogP contribution in [0.25, 0.3) is 0 Å². The zero-order chi connectivity index (χ0) is 69.5. The highest BCUT2D eigenvalue weighted by atomic mass is 32.1. The molecule has 0 fully saturated rings. The number of hydrogen-bond donors (Lipinski definition) is 11. The molecule has 0 bridgehead atoms. The van der Waals surface area contributed by atoms with E-state index < -0.39 is 54.3 Å². The Balaban J connectivity index is -0.00000114. The Hall–Kier alpha value is -6.97. The van der Waals surface area contributed by atoms with Gasteiger partial charge in [-0.15, -0.1) is 5.92 Å². The molecule has 0 saturated heterocycles. The van der Waals surface area contributed by atoms with Gasteiger partial charge < -0.3 is 88.0 Å². The maximum atomic E-state index is 11.7. The number of carbonyl (C=O) groups is 9. The molecule has 530 valence electrons. The second-order valence-corrected chi connectivity index (χ2v) is 22.2. The second-order valence-electron chi connectivity index (χ2n) is 22.1. The average molecular weight is 1340 g/mol. The van der Waals surface area contributed by atoms with E-state index in [1.54, 1.807) is 0 Å². The van der Waals surface area contributed by atoms with E-state index in [-0.39, 0.29) is 63.1 Å². The van der Waals surface area contributed by atoms with Crippen LogP contribution in [-0.2, 0) is 52.5 Å². The van der Waals surface area contributed by atoms with Gasteiger partial charge in [-0.3, -0.25) is 19.2 Å². The molecule has 4 aliphatic carbocycles. The monoisotopic (exact) mass is 1340 g/mol. The van der Waals surface area contributed by atoms with Gasteiger partial charge in [0.25, 0.3) is 0 Å². The van der Waals surface area contributed by atoms with Crippen LogP contribution in [-0.4, -0.2) is 163 Å². The molecule has 27 heteroatoms. The molecule has 15 N–H and O–H groups in total. The number of rotatable bonds is 31. The number of nitrogens with one attached hydrogen (secondary N) is 4. The zero-order valence-corrected chi connectivity index (χ0v) is 54.9. The first-order valence-corrected chi connectivity index (χ1v) is 32.8. The zero-order valence-electron chi connectivity index (χ0n) is 55.1. The number of thiocarbonyl (C=S) groups is 1. The fourth-order valence-electron chi connectivity index (χ4n) is 8.85. The van der Waals surface area contributed by atoms with Crippen molar-refractivity contribution < 1.29 is 88.3 Å². The summed E-state index contributed by atoms with van der Waals surface area (Å²) >= 11 is 3.59. The van der Waals surface area contributed by atoms with E-state index in [0.29, 0.717) is 97.0 Å². The lowest BCUT2D eigenvalue weighted by Gasteiger charge is -2.18. The first-order valence-electron chi connectivity index (χ1n) is 32.9. The normalized spacial score (nSPS) is 19.2. The van der Waals surface area contributed by atoms with Gasteiger partial charge in [0, 0.05) is 51.2 Å². The average Bonchev–Trinajstić information content (AvgIpc) is 2.14. The highest BCUT2D eigenvalue weighted by molar-refractivity contribution is 7.78. The predicted molar refractivity (Wildman–Crippen MR) is 358 cm³/mol. The van der Waals surface area contributed by atoms with Crippen molar-refractivity contribution in [3.8, 4) is 23.7 Å². The summed E-state index contributed by atoms with van der Waals surface area (Å²) in [5.74, 6) is 9.21. The lowest BCUT2D eigenvalue weighted by atomic mass is 10.0. The Morgan fingerprint density at radius 2 is 0.968 bits per heavy atom. The summed E-state index contributed by atoms with van der Waals surface area (Å²) in [6.45, 7) is 3.95. The fraction of sp³-hybridized carbons (Fsp3) is 0.727. The molecule has 0 radical (unpaired) electrons. The van der Waals surface area contributed by atoms with Crippen molar-refractivity contribution in [3.63, 3.8) is 0 Å². The quantitative estimate of drug-likeness (QED) is 0.0101. The van der Waals surface area contributed by atoms with Crippen LogP contribution in [0.1, 0.15) is 221 Å². The van der Waals surface area contributed by atoms with Crippen molar-refractivity contribution >= 4 is 72.3 Å². The summed E-state index contributed by atoms with van der Waals surface area (Å²) in [5, 5.41) is 37.7. The number of ketones is 1. The lowest BCUT2D eigenvalue weighted by Crippen LogP contribution is -2.31. The number of carbonyl (C=O) groups excluding carboxylic acids is 7. The summed E-state index contributed by atoms with van der Waals surface area (Å²) in [5.41, 5.74) is 21.8. The number of allylic oxidation sites excluding steroid dienone is 3. The molecule has 4 rings (SSSR count). The van der Waals surface area contributed by atoms with Crippen molar-refractivity contribution in [3.05, 3.63) is 24.3 Å². The molecule has 4 amide bonds. The minimum atomic E-state index is -1.00. The molecule has 0 aromatic carbocycles. The standard InChI is InChI=1S/C17H28N2O5.C16H28N2O3.C15H26N2O4.C15H24N2O4.COS.CH2O.CH4/c18-15(16(20)21)10-6-7-11-19-17(22)24-13-12-23-14-8-4-2-1-3-5-9-14;1-13(19)15(17)11-7-8-12-18-16(20)21-14-9-5-3-2-4-6-10-14;2*16-13(14(18)19)10-6-7-11-17-15(20)21-12-8-4-2-1-3-5-9-12;2-1-3;1-2;/h14-15H,1-4,6-8,10-13,18H2,(H,19,22)(H,20,21);2-3,14-15H,4-12,17H2,1H3,(H,18,20);4,8,12-13H,1-3,5-7,9-11,16H2,(H,17,20)(H,18,19);12-13H,1-4,6-8,10-11,16H2,(H,17,20)(H,18,19);;1H2;1H4/b;3-2+;8-4+;;;;/i;;;;;1T;. The number of unbranched alkanes of at least 4 members (excludes halogenated alkanes) is 4. The number of alkyl carbamates (subject to hydrolysis) is 4. The van der Waals surface area contributed by atoms with Crippen molar-refractivity contribution in [2.24, 2.45) is 22.9 Å². The van der Waals surface area contributed by atoms with E-state index in [9.17, 15) is 38.4 Å². The van der Waals surface area contributed by atoms with Gasteiger partial charge in [-0.25, -0.2) is 24.0 Å². The van der Waals surface area contributed by atoms with E-state index in [0.717, 1.165) is 127 Å². The molecule has 8 unspecified atom stereocenters.